The van der Waals surface area contributed by atoms with E-state index in [9.17, 15) is 0 Å². The maximum atomic E-state index is 3.34. The molecule has 1 nitrogen and oxygen atoms in total. The summed E-state index contributed by atoms with van der Waals surface area (Å²) in [4.78, 5) is 2.45. The lowest BCUT2D eigenvalue weighted by Gasteiger charge is -2.37. The van der Waals surface area contributed by atoms with Crippen molar-refractivity contribution in [3.8, 4) is 22.3 Å². The quantitative estimate of drug-likeness (QED) is 0.157. The molecule has 1 heteroatoms. The Morgan fingerprint density at radius 3 is 2.05 bits per heavy atom. The van der Waals surface area contributed by atoms with Gasteiger partial charge in [-0.15, -0.1) is 0 Å². The molecule has 59 heavy (non-hydrogen) atoms. The first-order valence-corrected chi connectivity index (χ1v) is 21.1. The Morgan fingerprint density at radius 2 is 1.25 bits per heavy atom. The van der Waals surface area contributed by atoms with Gasteiger partial charge in [0.05, 0.1) is 5.41 Å². The number of hydrogen-bond acceptors (Lipinski definition) is 1. The van der Waals surface area contributed by atoms with Crippen LogP contribution in [0.1, 0.15) is 72.9 Å². The van der Waals surface area contributed by atoms with E-state index in [1.165, 1.54) is 77.9 Å². The number of anilines is 3. The maximum absolute atomic E-state index is 3.34. The maximum Gasteiger partial charge on any atom is 0.0713 e. The Labute approximate surface area is 349 Å². The summed E-state index contributed by atoms with van der Waals surface area (Å²) in [6.45, 7) is 4.73. The van der Waals surface area contributed by atoms with Crippen molar-refractivity contribution in [3.05, 3.63) is 245 Å². The van der Waals surface area contributed by atoms with Gasteiger partial charge in [0, 0.05) is 22.5 Å². The predicted molar refractivity (Wildman–Crippen MR) is 246 cm³/mol. The number of fused-ring (bicyclic) bond motifs is 5. The third-order valence-corrected chi connectivity index (χ3v) is 13.4. The standard InChI is InChI=1S/C58H45N/c1-57(2)53-27-14-12-25-49(53)51-36-34-48(39-55(51)57)59(46-32-29-41(30-33-46)40-17-6-3-7-18-40)47-24-16-19-42(37-47)43-31-35-52-50-26-13-15-28-54(50)58(56(52)38-43,44-20-8-4-9-21-44)45-22-10-5-11-23-45/h3,6-8,10,12-30,32-34,36-39H,4,9,31,35H2,1-2H3. The number of nitrogens with zero attached hydrogens (tertiary/aromatic N) is 1. The molecule has 0 fully saturated rings. The minimum absolute atomic E-state index is 0.103. The number of rotatable bonds is 7. The molecule has 0 spiro atoms. The monoisotopic (exact) mass is 755 g/mol. The highest BCUT2D eigenvalue weighted by Crippen LogP contribution is 2.59. The summed E-state index contributed by atoms with van der Waals surface area (Å²) in [5.41, 5.74) is 21.7. The summed E-state index contributed by atoms with van der Waals surface area (Å²) >= 11 is 0. The molecule has 282 valence electrons. The van der Waals surface area contributed by atoms with Crippen molar-refractivity contribution >= 4 is 28.2 Å². The lowest BCUT2D eigenvalue weighted by Crippen LogP contribution is -2.30. The van der Waals surface area contributed by atoms with Gasteiger partial charge in [-0.3, -0.25) is 0 Å². The molecule has 1 unspecified atom stereocenters. The van der Waals surface area contributed by atoms with Gasteiger partial charge in [0.1, 0.15) is 0 Å². The number of benzene rings is 6. The first-order chi connectivity index (χ1) is 29.0. The molecule has 0 bridgehead atoms. The molecule has 11 rings (SSSR count). The van der Waals surface area contributed by atoms with Crippen LogP contribution >= 0.6 is 0 Å². The highest BCUT2D eigenvalue weighted by molar-refractivity contribution is 5.93. The molecule has 4 aliphatic rings. The molecular weight excluding hydrogens is 711 g/mol. The average molecular weight is 756 g/mol. The molecule has 0 saturated heterocycles. The van der Waals surface area contributed by atoms with Gasteiger partial charge in [0.2, 0.25) is 0 Å². The Kier molecular flexibility index (Phi) is 8.31. The van der Waals surface area contributed by atoms with Gasteiger partial charge in [-0.1, -0.05) is 159 Å². The van der Waals surface area contributed by atoms with E-state index in [0.29, 0.717) is 0 Å². The second kappa shape index (κ2) is 13.9. The van der Waals surface area contributed by atoms with Crippen molar-refractivity contribution in [2.24, 2.45) is 0 Å². The van der Waals surface area contributed by atoms with Crippen LogP contribution in [0, 0.1) is 12.1 Å². The van der Waals surface area contributed by atoms with Crippen molar-refractivity contribution in [1.82, 2.24) is 0 Å². The summed E-state index contributed by atoms with van der Waals surface area (Å²) in [7, 11) is 0. The van der Waals surface area contributed by atoms with Gasteiger partial charge in [0.25, 0.3) is 0 Å². The Balaban J connectivity index is 1.06. The largest absolute Gasteiger partial charge is 0.310 e. The summed E-state index contributed by atoms with van der Waals surface area (Å²) < 4.78 is 0. The third-order valence-electron chi connectivity index (χ3n) is 13.4. The van der Waals surface area contributed by atoms with E-state index in [-0.39, 0.29) is 5.41 Å². The van der Waals surface area contributed by atoms with Gasteiger partial charge < -0.3 is 4.90 Å². The average Bonchev–Trinajstić information content (AvgIpc) is 3.73. The van der Waals surface area contributed by atoms with Crippen LogP contribution in [0.4, 0.5) is 17.1 Å². The highest BCUT2D eigenvalue weighted by atomic mass is 15.1. The normalized spacial score (nSPS) is 18.2. The van der Waals surface area contributed by atoms with Crippen LogP contribution in [0.15, 0.2) is 199 Å². The lowest BCUT2D eigenvalue weighted by atomic mass is 9.64. The van der Waals surface area contributed by atoms with Gasteiger partial charge in [-0.2, -0.15) is 0 Å². The van der Waals surface area contributed by atoms with E-state index in [4.69, 9.17) is 0 Å². The molecule has 0 saturated carbocycles. The Morgan fingerprint density at radius 1 is 0.542 bits per heavy atom. The van der Waals surface area contributed by atoms with Crippen molar-refractivity contribution < 1.29 is 0 Å². The molecule has 0 aliphatic heterocycles. The van der Waals surface area contributed by atoms with E-state index >= 15 is 0 Å². The van der Waals surface area contributed by atoms with Crippen LogP contribution in [-0.4, -0.2) is 0 Å². The van der Waals surface area contributed by atoms with Crippen molar-refractivity contribution in [2.75, 3.05) is 4.90 Å². The van der Waals surface area contributed by atoms with Gasteiger partial charge >= 0.3 is 0 Å². The lowest BCUT2D eigenvalue weighted by molar-refractivity contribution is 0.660. The number of allylic oxidation sites excluding steroid dienone is 8. The zero-order valence-electron chi connectivity index (χ0n) is 33.7. The zero-order chi connectivity index (χ0) is 39.6. The molecule has 0 N–H and O–H groups in total. The van der Waals surface area contributed by atoms with Crippen LogP contribution in [0.5, 0.6) is 0 Å². The summed E-state index contributed by atoms with van der Waals surface area (Å²) in [6, 6.07) is 67.1. The van der Waals surface area contributed by atoms with Gasteiger partial charge in [0.15, 0.2) is 0 Å². The van der Waals surface area contributed by atoms with Crippen LogP contribution in [0.25, 0.3) is 33.4 Å². The minimum atomic E-state index is -0.404. The molecule has 4 aliphatic carbocycles. The van der Waals surface area contributed by atoms with E-state index in [1.807, 2.05) is 6.07 Å². The molecular formula is C58H45N. The smallest absolute Gasteiger partial charge is 0.0713 e. The van der Waals surface area contributed by atoms with Crippen LogP contribution < -0.4 is 4.90 Å². The molecule has 1 atom stereocenters. The topological polar surface area (TPSA) is 3.24 Å². The Bertz CT molecular complexity index is 2880. The van der Waals surface area contributed by atoms with Gasteiger partial charge in [-0.05, 0) is 158 Å². The second-order valence-corrected chi connectivity index (χ2v) is 16.9. The molecule has 0 amide bonds. The van der Waals surface area contributed by atoms with Gasteiger partial charge in [-0.25, -0.2) is 0 Å². The van der Waals surface area contributed by atoms with E-state index in [2.05, 4.69) is 213 Å². The van der Waals surface area contributed by atoms with E-state index < -0.39 is 5.41 Å². The minimum Gasteiger partial charge on any atom is -0.310 e. The highest BCUT2D eigenvalue weighted by Gasteiger charge is 2.48. The molecule has 0 heterocycles. The summed E-state index contributed by atoms with van der Waals surface area (Å²) in [5, 5.41) is 0. The molecule has 7 aromatic rings. The second-order valence-electron chi connectivity index (χ2n) is 16.9. The molecule has 0 aromatic heterocycles. The number of hydrogen-bond donors (Lipinski definition) is 0. The fourth-order valence-electron chi connectivity index (χ4n) is 10.6. The van der Waals surface area contributed by atoms with Crippen molar-refractivity contribution in [3.63, 3.8) is 0 Å². The first-order valence-electron chi connectivity index (χ1n) is 21.1. The predicted octanol–water partition coefficient (Wildman–Crippen LogP) is 14.9. The SMILES string of the molecule is CC1(C)c2ccccc2-c2ccc(N(c3ccc(-c4ccccc4)cc3)c3cccc(C4=CC5=C(CC4)c4ccccc4C5(C4=CCCC=C4)c4cc#ccc4)c3)cc21. The zero-order valence-corrected chi connectivity index (χ0v) is 33.7. The fraction of sp³-hybridized carbons (Fsp3) is 0.138. The Hall–Kier alpha value is -6.88. The molecule has 7 aromatic carbocycles. The van der Waals surface area contributed by atoms with E-state index in [0.717, 1.165) is 42.7 Å². The van der Waals surface area contributed by atoms with Crippen LogP contribution in [0.3, 0.4) is 0 Å². The first kappa shape index (κ1) is 35.3. The summed E-state index contributed by atoms with van der Waals surface area (Å²) in [5.74, 6) is 0. The van der Waals surface area contributed by atoms with Crippen molar-refractivity contribution in [2.45, 2.75) is 50.4 Å². The van der Waals surface area contributed by atoms with E-state index in [1.54, 1.807) is 0 Å². The molecule has 0 radical (unpaired) electrons. The van der Waals surface area contributed by atoms with Crippen LogP contribution in [0.2, 0.25) is 0 Å². The fourth-order valence-corrected chi connectivity index (χ4v) is 10.6. The van der Waals surface area contributed by atoms with Crippen LogP contribution in [-0.2, 0) is 10.8 Å². The third kappa shape index (κ3) is 5.55. The van der Waals surface area contributed by atoms with Crippen molar-refractivity contribution in [1.29, 1.82) is 0 Å². The summed E-state index contributed by atoms with van der Waals surface area (Å²) in [6.07, 6.45) is 13.9.